The van der Waals surface area contributed by atoms with Crippen molar-refractivity contribution < 1.29 is 12.6 Å². The molecule has 4 nitrogen and oxygen atoms in total. The summed E-state index contributed by atoms with van der Waals surface area (Å²) in [6.45, 7) is 1.47. The molecule has 1 aliphatic rings. The van der Waals surface area contributed by atoms with Crippen LogP contribution in [0, 0.1) is 0 Å². The third-order valence-corrected chi connectivity index (χ3v) is 3.20. The zero-order chi connectivity index (χ0) is 11.6. The van der Waals surface area contributed by atoms with Crippen LogP contribution in [0.4, 0.5) is 5.69 Å². The van der Waals surface area contributed by atoms with Gasteiger partial charge in [-0.15, -0.1) is 0 Å². The highest BCUT2D eigenvalue weighted by molar-refractivity contribution is 7.86. The Morgan fingerprint density at radius 1 is 1.31 bits per heavy atom. The van der Waals surface area contributed by atoms with Gasteiger partial charge in [0.25, 0.3) is 10.1 Å². The van der Waals surface area contributed by atoms with Gasteiger partial charge in [-0.2, -0.15) is 8.42 Å². The SMILES string of the molecule is CS(=O)(=O)OC1CCN(c2ccccc2)C1. The van der Waals surface area contributed by atoms with E-state index >= 15 is 0 Å². The molecule has 1 aromatic rings. The Bertz CT molecular complexity index is 444. The molecule has 1 fully saturated rings. The van der Waals surface area contributed by atoms with Gasteiger partial charge >= 0.3 is 0 Å². The second kappa shape index (κ2) is 4.43. The summed E-state index contributed by atoms with van der Waals surface area (Å²) in [7, 11) is -3.34. The van der Waals surface area contributed by atoms with Crippen molar-refractivity contribution in [2.75, 3.05) is 24.2 Å². The summed E-state index contributed by atoms with van der Waals surface area (Å²) in [5, 5.41) is 0. The van der Waals surface area contributed by atoms with Crippen LogP contribution in [0.25, 0.3) is 0 Å². The van der Waals surface area contributed by atoms with Crippen molar-refractivity contribution in [3.63, 3.8) is 0 Å². The molecule has 16 heavy (non-hydrogen) atoms. The van der Waals surface area contributed by atoms with Crippen LogP contribution in [0.2, 0.25) is 0 Å². The molecule has 1 atom stereocenters. The van der Waals surface area contributed by atoms with Crippen molar-refractivity contribution in [2.45, 2.75) is 12.5 Å². The van der Waals surface area contributed by atoms with Gasteiger partial charge in [-0.05, 0) is 18.6 Å². The van der Waals surface area contributed by atoms with E-state index in [9.17, 15) is 8.42 Å². The minimum Gasteiger partial charge on any atom is -0.369 e. The first-order valence-corrected chi connectivity index (χ1v) is 7.04. The van der Waals surface area contributed by atoms with Crippen molar-refractivity contribution >= 4 is 15.8 Å². The molecule has 0 spiro atoms. The summed E-state index contributed by atoms with van der Waals surface area (Å²) in [6.07, 6.45) is 1.63. The summed E-state index contributed by atoms with van der Waals surface area (Å²) in [6, 6.07) is 9.94. The average Bonchev–Trinajstić information content (AvgIpc) is 2.65. The fourth-order valence-electron chi connectivity index (χ4n) is 1.93. The van der Waals surface area contributed by atoms with Crippen molar-refractivity contribution in [1.82, 2.24) is 0 Å². The molecule has 0 N–H and O–H groups in total. The van der Waals surface area contributed by atoms with E-state index in [0.29, 0.717) is 6.54 Å². The molecule has 88 valence electrons. The molecule has 1 aliphatic heterocycles. The number of anilines is 1. The van der Waals surface area contributed by atoms with Crippen molar-refractivity contribution in [3.8, 4) is 0 Å². The maximum Gasteiger partial charge on any atom is 0.264 e. The quantitative estimate of drug-likeness (QED) is 0.747. The molecule has 1 unspecified atom stereocenters. The molecule has 1 aromatic carbocycles. The van der Waals surface area contributed by atoms with Crippen LogP contribution < -0.4 is 4.90 Å². The lowest BCUT2D eigenvalue weighted by Crippen LogP contribution is -2.24. The lowest BCUT2D eigenvalue weighted by Gasteiger charge is -2.18. The maximum atomic E-state index is 11.0. The molecular formula is C11H15NO3S. The topological polar surface area (TPSA) is 46.6 Å². The summed E-state index contributed by atoms with van der Waals surface area (Å²) in [5.74, 6) is 0. The average molecular weight is 241 g/mol. The first kappa shape index (κ1) is 11.4. The van der Waals surface area contributed by atoms with E-state index in [-0.39, 0.29) is 6.10 Å². The van der Waals surface area contributed by atoms with E-state index in [4.69, 9.17) is 4.18 Å². The van der Waals surface area contributed by atoms with Crippen molar-refractivity contribution in [1.29, 1.82) is 0 Å². The van der Waals surface area contributed by atoms with Gasteiger partial charge in [0.05, 0.1) is 12.4 Å². The van der Waals surface area contributed by atoms with Gasteiger partial charge in [-0.1, -0.05) is 18.2 Å². The van der Waals surface area contributed by atoms with Crippen LogP contribution in [0.1, 0.15) is 6.42 Å². The minimum absolute atomic E-state index is 0.213. The molecule has 0 radical (unpaired) electrons. The Hall–Kier alpha value is -1.07. The molecule has 1 saturated heterocycles. The molecule has 1 heterocycles. The van der Waals surface area contributed by atoms with Crippen molar-refractivity contribution in [3.05, 3.63) is 30.3 Å². The fourth-order valence-corrected chi connectivity index (χ4v) is 2.58. The number of hydrogen-bond donors (Lipinski definition) is 0. The van der Waals surface area contributed by atoms with Crippen LogP contribution in [0.5, 0.6) is 0 Å². The first-order chi connectivity index (χ1) is 7.54. The van der Waals surface area contributed by atoms with E-state index in [2.05, 4.69) is 4.90 Å². The highest BCUT2D eigenvalue weighted by Gasteiger charge is 2.26. The Balaban J connectivity index is 1.99. The van der Waals surface area contributed by atoms with Crippen LogP contribution in [0.15, 0.2) is 30.3 Å². The van der Waals surface area contributed by atoms with Gasteiger partial charge in [0, 0.05) is 18.8 Å². The van der Waals surface area contributed by atoms with Crippen LogP contribution in [0.3, 0.4) is 0 Å². The Morgan fingerprint density at radius 2 is 2.00 bits per heavy atom. The van der Waals surface area contributed by atoms with Gasteiger partial charge in [0.2, 0.25) is 0 Å². The van der Waals surface area contributed by atoms with Gasteiger partial charge < -0.3 is 4.90 Å². The smallest absolute Gasteiger partial charge is 0.264 e. The number of rotatable bonds is 3. The predicted octanol–water partition coefficient (Wildman–Crippen LogP) is 1.24. The normalized spacial score (nSPS) is 21.3. The van der Waals surface area contributed by atoms with Crippen LogP contribution in [-0.4, -0.2) is 33.9 Å². The molecule has 0 amide bonds. The zero-order valence-electron chi connectivity index (χ0n) is 9.17. The molecular weight excluding hydrogens is 226 g/mol. The van der Waals surface area contributed by atoms with Gasteiger partial charge in [0.1, 0.15) is 0 Å². The Labute approximate surface area is 96.0 Å². The monoisotopic (exact) mass is 241 g/mol. The van der Waals surface area contributed by atoms with E-state index in [1.807, 2.05) is 30.3 Å². The number of nitrogens with zero attached hydrogens (tertiary/aromatic N) is 1. The lowest BCUT2D eigenvalue weighted by molar-refractivity contribution is 0.234. The maximum absolute atomic E-state index is 11.0. The Morgan fingerprint density at radius 3 is 2.62 bits per heavy atom. The molecule has 2 rings (SSSR count). The minimum atomic E-state index is -3.34. The summed E-state index contributed by atoms with van der Waals surface area (Å²) in [5.41, 5.74) is 1.11. The van der Waals surface area contributed by atoms with Gasteiger partial charge in [-0.25, -0.2) is 0 Å². The van der Waals surface area contributed by atoms with E-state index in [1.54, 1.807) is 0 Å². The van der Waals surface area contributed by atoms with Crippen molar-refractivity contribution in [2.24, 2.45) is 0 Å². The second-order valence-electron chi connectivity index (χ2n) is 3.99. The zero-order valence-corrected chi connectivity index (χ0v) is 9.98. The first-order valence-electron chi connectivity index (χ1n) is 5.23. The fraction of sp³-hybridized carbons (Fsp3) is 0.455. The number of hydrogen-bond acceptors (Lipinski definition) is 4. The van der Waals surface area contributed by atoms with Crippen LogP contribution in [-0.2, 0) is 14.3 Å². The van der Waals surface area contributed by atoms with E-state index in [0.717, 1.165) is 24.9 Å². The highest BCUT2D eigenvalue weighted by Crippen LogP contribution is 2.21. The second-order valence-corrected chi connectivity index (χ2v) is 5.59. The standard InChI is InChI=1S/C11H15NO3S/c1-16(13,14)15-11-7-8-12(9-11)10-5-3-2-4-6-10/h2-6,11H,7-9H2,1H3. The highest BCUT2D eigenvalue weighted by atomic mass is 32.2. The number of benzene rings is 1. The summed E-state index contributed by atoms with van der Waals surface area (Å²) < 4.78 is 27.0. The third kappa shape index (κ3) is 2.96. The summed E-state index contributed by atoms with van der Waals surface area (Å²) in [4.78, 5) is 2.13. The van der Waals surface area contributed by atoms with Gasteiger partial charge in [-0.3, -0.25) is 4.18 Å². The molecule has 0 aliphatic carbocycles. The van der Waals surface area contributed by atoms with E-state index in [1.165, 1.54) is 0 Å². The Kier molecular flexibility index (Phi) is 3.16. The third-order valence-electron chi connectivity index (χ3n) is 2.58. The summed E-state index contributed by atoms with van der Waals surface area (Å²) >= 11 is 0. The molecule has 5 heteroatoms. The predicted molar refractivity (Wildman–Crippen MR) is 63.0 cm³/mol. The lowest BCUT2D eigenvalue weighted by atomic mass is 10.3. The molecule has 0 saturated carbocycles. The molecule has 0 aromatic heterocycles. The van der Waals surface area contributed by atoms with E-state index < -0.39 is 10.1 Å². The van der Waals surface area contributed by atoms with Crippen LogP contribution >= 0.6 is 0 Å². The largest absolute Gasteiger partial charge is 0.369 e. The number of para-hydroxylation sites is 1. The molecule has 0 bridgehead atoms. The van der Waals surface area contributed by atoms with Gasteiger partial charge in [0.15, 0.2) is 0 Å².